The lowest BCUT2D eigenvalue weighted by Gasteiger charge is -2.42. The van der Waals surface area contributed by atoms with Crippen LogP contribution in [-0.2, 0) is 4.74 Å². The Balaban J connectivity index is 1.66. The van der Waals surface area contributed by atoms with Crippen LogP contribution in [0.15, 0.2) is 0 Å². The molecular weight excluding hydrogens is 212 g/mol. The smallest absolute Gasteiger partial charge is 0.0478 e. The molecule has 2 aliphatic rings. The van der Waals surface area contributed by atoms with Gasteiger partial charge in [-0.15, -0.1) is 0 Å². The number of rotatable bonds is 6. The summed E-state index contributed by atoms with van der Waals surface area (Å²) >= 11 is 0. The molecule has 2 unspecified atom stereocenters. The molecule has 0 aromatic heterocycles. The van der Waals surface area contributed by atoms with Crippen molar-refractivity contribution in [2.75, 3.05) is 39.4 Å². The predicted octanol–water partition coefficient (Wildman–Crippen LogP) is 1.97. The van der Waals surface area contributed by atoms with Crippen LogP contribution in [0.25, 0.3) is 0 Å². The summed E-state index contributed by atoms with van der Waals surface area (Å²) in [6.45, 7) is 11.5. The van der Waals surface area contributed by atoms with Gasteiger partial charge in [-0.25, -0.2) is 0 Å². The molecule has 2 fully saturated rings. The van der Waals surface area contributed by atoms with Crippen molar-refractivity contribution in [1.29, 1.82) is 0 Å². The largest absolute Gasteiger partial charge is 0.381 e. The van der Waals surface area contributed by atoms with Crippen molar-refractivity contribution in [3.63, 3.8) is 0 Å². The zero-order valence-corrected chi connectivity index (χ0v) is 11.5. The minimum atomic E-state index is 0.732. The van der Waals surface area contributed by atoms with Gasteiger partial charge >= 0.3 is 0 Å². The number of fused-ring (bicyclic) bond motifs is 1. The van der Waals surface area contributed by atoms with Crippen LogP contribution in [0, 0.1) is 0 Å². The van der Waals surface area contributed by atoms with E-state index < -0.39 is 0 Å². The summed E-state index contributed by atoms with van der Waals surface area (Å²) in [6, 6.07) is 1.58. The molecule has 0 amide bonds. The molecule has 2 aliphatic heterocycles. The lowest BCUT2D eigenvalue weighted by Crippen LogP contribution is -2.55. The van der Waals surface area contributed by atoms with E-state index in [1.165, 1.54) is 45.4 Å². The van der Waals surface area contributed by atoms with Gasteiger partial charge in [0.1, 0.15) is 0 Å². The van der Waals surface area contributed by atoms with Gasteiger partial charge in [0.05, 0.1) is 0 Å². The molecule has 0 spiro atoms. The molecule has 3 nitrogen and oxygen atoms in total. The van der Waals surface area contributed by atoms with Gasteiger partial charge in [0.25, 0.3) is 0 Å². The SMILES string of the molecule is CCCOCCCN1CC2CCCN2CC1C. The van der Waals surface area contributed by atoms with Gasteiger partial charge in [0.15, 0.2) is 0 Å². The Kier molecular flexibility index (Phi) is 5.26. The first-order chi connectivity index (χ1) is 8.31. The highest BCUT2D eigenvalue weighted by Crippen LogP contribution is 2.24. The van der Waals surface area contributed by atoms with E-state index in [0.717, 1.165) is 31.7 Å². The van der Waals surface area contributed by atoms with Crippen LogP contribution >= 0.6 is 0 Å². The maximum Gasteiger partial charge on any atom is 0.0478 e. The highest BCUT2D eigenvalue weighted by molar-refractivity contribution is 4.90. The van der Waals surface area contributed by atoms with Gasteiger partial charge in [-0.1, -0.05) is 6.92 Å². The van der Waals surface area contributed by atoms with E-state index in [2.05, 4.69) is 23.6 Å². The monoisotopic (exact) mass is 240 g/mol. The maximum absolute atomic E-state index is 5.56. The first-order valence-electron chi connectivity index (χ1n) is 7.37. The van der Waals surface area contributed by atoms with E-state index in [1.807, 2.05) is 0 Å². The van der Waals surface area contributed by atoms with E-state index in [-0.39, 0.29) is 0 Å². The highest BCUT2D eigenvalue weighted by Gasteiger charge is 2.33. The van der Waals surface area contributed by atoms with Crippen LogP contribution < -0.4 is 0 Å². The quantitative estimate of drug-likeness (QED) is 0.660. The van der Waals surface area contributed by atoms with Crippen LogP contribution in [-0.4, -0.2) is 61.3 Å². The number of ether oxygens (including phenoxy) is 1. The molecule has 0 bridgehead atoms. The fourth-order valence-electron chi connectivity index (χ4n) is 3.18. The van der Waals surface area contributed by atoms with Crippen LogP contribution in [0.4, 0.5) is 0 Å². The fraction of sp³-hybridized carbons (Fsp3) is 1.00. The molecule has 3 heteroatoms. The molecule has 0 N–H and O–H groups in total. The van der Waals surface area contributed by atoms with E-state index in [4.69, 9.17) is 4.74 Å². The Morgan fingerprint density at radius 1 is 1.24 bits per heavy atom. The summed E-state index contributed by atoms with van der Waals surface area (Å²) in [4.78, 5) is 5.36. The number of piperazine rings is 1. The van der Waals surface area contributed by atoms with Gasteiger partial charge in [-0.3, -0.25) is 9.80 Å². The lowest BCUT2D eigenvalue weighted by atomic mass is 10.1. The molecule has 2 saturated heterocycles. The summed E-state index contributed by atoms with van der Waals surface area (Å²) in [5, 5.41) is 0. The average molecular weight is 240 g/mol. The summed E-state index contributed by atoms with van der Waals surface area (Å²) < 4.78 is 5.56. The maximum atomic E-state index is 5.56. The molecular formula is C14H28N2O. The predicted molar refractivity (Wildman–Crippen MR) is 71.4 cm³/mol. The second-order valence-corrected chi connectivity index (χ2v) is 5.60. The van der Waals surface area contributed by atoms with Crippen LogP contribution in [0.2, 0.25) is 0 Å². The van der Waals surface area contributed by atoms with Crippen molar-refractivity contribution in [2.24, 2.45) is 0 Å². The summed E-state index contributed by atoms with van der Waals surface area (Å²) in [6.07, 6.45) is 5.15. The Bertz CT molecular complexity index is 222. The van der Waals surface area contributed by atoms with Crippen molar-refractivity contribution in [1.82, 2.24) is 9.80 Å². The normalized spacial score (nSPS) is 30.7. The minimum absolute atomic E-state index is 0.732. The topological polar surface area (TPSA) is 15.7 Å². The van der Waals surface area contributed by atoms with Crippen LogP contribution in [0.5, 0.6) is 0 Å². The summed E-state index contributed by atoms with van der Waals surface area (Å²) in [5.41, 5.74) is 0. The van der Waals surface area contributed by atoms with Crippen molar-refractivity contribution in [3.8, 4) is 0 Å². The molecule has 0 saturated carbocycles. The molecule has 17 heavy (non-hydrogen) atoms. The second-order valence-electron chi connectivity index (χ2n) is 5.60. The highest BCUT2D eigenvalue weighted by atomic mass is 16.5. The van der Waals surface area contributed by atoms with Crippen molar-refractivity contribution in [2.45, 2.75) is 51.6 Å². The molecule has 2 atom stereocenters. The van der Waals surface area contributed by atoms with Crippen LogP contribution in [0.3, 0.4) is 0 Å². The van der Waals surface area contributed by atoms with Crippen molar-refractivity contribution >= 4 is 0 Å². The van der Waals surface area contributed by atoms with Gasteiger partial charge in [0.2, 0.25) is 0 Å². The Morgan fingerprint density at radius 2 is 2.12 bits per heavy atom. The van der Waals surface area contributed by atoms with Gasteiger partial charge in [-0.2, -0.15) is 0 Å². The summed E-state index contributed by atoms with van der Waals surface area (Å²) in [5.74, 6) is 0. The van der Waals surface area contributed by atoms with Crippen LogP contribution in [0.1, 0.15) is 39.5 Å². The van der Waals surface area contributed by atoms with E-state index in [1.54, 1.807) is 0 Å². The minimum Gasteiger partial charge on any atom is -0.381 e. The molecule has 2 rings (SSSR count). The zero-order valence-electron chi connectivity index (χ0n) is 11.5. The molecule has 0 aliphatic carbocycles. The lowest BCUT2D eigenvalue weighted by molar-refractivity contribution is 0.0485. The molecule has 2 heterocycles. The van der Waals surface area contributed by atoms with Gasteiger partial charge in [-0.05, 0) is 39.2 Å². The number of nitrogens with zero attached hydrogens (tertiary/aromatic N) is 2. The second kappa shape index (κ2) is 6.72. The summed E-state index contributed by atoms with van der Waals surface area (Å²) in [7, 11) is 0. The van der Waals surface area contributed by atoms with Crippen molar-refractivity contribution < 1.29 is 4.74 Å². The molecule has 100 valence electrons. The van der Waals surface area contributed by atoms with Gasteiger partial charge in [0, 0.05) is 44.9 Å². The first kappa shape index (κ1) is 13.3. The van der Waals surface area contributed by atoms with E-state index in [9.17, 15) is 0 Å². The number of hydrogen-bond donors (Lipinski definition) is 0. The zero-order chi connectivity index (χ0) is 12.1. The molecule has 0 radical (unpaired) electrons. The van der Waals surface area contributed by atoms with E-state index in [0.29, 0.717) is 0 Å². The third-order valence-corrected chi connectivity index (χ3v) is 4.15. The molecule has 0 aromatic carbocycles. The Hall–Kier alpha value is -0.120. The number of hydrogen-bond acceptors (Lipinski definition) is 3. The average Bonchev–Trinajstić information content (AvgIpc) is 2.76. The standard InChI is InChI=1S/C14H28N2O/c1-3-9-17-10-5-8-15-12-14-6-4-7-16(14)11-13(15)2/h13-14H,3-12H2,1-2H3. The first-order valence-corrected chi connectivity index (χ1v) is 7.37. The third-order valence-electron chi connectivity index (χ3n) is 4.15. The van der Waals surface area contributed by atoms with Gasteiger partial charge < -0.3 is 4.74 Å². The fourth-order valence-corrected chi connectivity index (χ4v) is 3.18. The Morgan fingerprint density at radius 3 is 2.94 bits per heavy atom. The third kappa shape index (κ3) is 3.67. The van der Waals surface area contributed by atoms with Crippen molar-refractivity contribution in [3.05, 3.63) is 0 Å². The molecule has 0 aromatic rings. The Labute approximate surface area is 106 Å². The van der Waals surface area contributed by atoms with E-state index >= 15 is 0 Å².